The van der Waals surface area contributed by atoms with Crippen molar-refractivity contribution in [2.45, 2.75) is 33.9 Å². The maximum atomic E-state index is 11.8. The predicted molar refractivity (Wildman–Crippen MR) is 54.4 cm³/mol. The Kier molecular flexibility index (Phi) is 5.77. The van der Waals surface area contributed by atoms with Gasteiger partial charge in [-0.3, -0.25) is 0 Å². The second kappa shape index (κ2) is 6.30. The van der Waals surface area contributed by atoms with Gasteiger partial charge < -0.3 is 4.74 Å². The van der Waals surface area contributed by atoms with Crippen molar-refractivity contribution >= 4 is 0 Å². The van der Waals surface area contributed by atoms with Crippen LogP contribution >= 0.6 is 0 Å². The number of hydrogen-bond acceptors (Lipinski definition) is 3. The highest BCUT2D eigenvalue weighted by atomic mass is 19.4. The molecule has 0 saturated heterocycles. The monoisotopic (exact) mass is 236 g/mol. The third-order valence-electron chi connectivity index (χ3n) is 1.33. The van der Waals surface area contributed by atoms with Gasteiger partial charge in [-0.05, 0) is 13.8 Å². The SMILES string of the molecule is CC.Cc1cc(OCC(F)(F)F)nc(C)n1. The molecule has 3 nitrogen and oxygen atoms in total. The van der Waals surface area contributed by atoms with Crippen LogP contribution in [0.2, 0.25) is 0 Å². The lowest BCUT2D eigenvalue weighted by atomic mass is 10.4. The first-order valence-electron chi connectivity index (χ1n) is 4.89. The molecule has 0 unspecified atom stereocenters. The summed E-state index contributed by atoms with van der Waals surface area (Å²) >= 11 is 0. The van der Waals surface area contributed by atoms with Gasteiger partial charge in [0.05, 0.1) is 0 Å². The molecule has 0 aliphatic carbocycles. The number of rotatable bonds is 2. The first kappa shape index (κ1) is 14.7. The zero-order chi connectivity index (χ0) is 12.8. The summed E-state index contributed by atoms with van der Waals surface area (Å²) in [4.78, 5) is 7.61. The third kappa shape index (κ3) is 6.21. The summed E-state index contributed by atoms with van der Waals surface area (Å²) in [6.45, 7) is 5.92. The molecule has 6 heteroatoms. The normalized spacial score (nSPS) is 10.4. The van der Waals surface area contributed by atoms with Crippen molar-refractivity contribution < 1.29 is 17.9 Å². The molecular formula is C10H15F3N2O. The Labute approximate surface area is 92.7 Å². The number of hydrogen-bond donors (Lipinski definition) is 0. The zero-order valence-corrected chi connectivity index (χ0v) is 9.72. The van der Waals surface area contributed by atoms with Crippen molar-refractivity contribution in [2.75, 3.05) is 6.61 Å². The van der Waals surface area contributed by atoms with Gasteiger partial charge in [0.15, 0.2) is 6.61 Å². The Morgan fingerprint density at radius 3 is 2.19 bits per heavy atom. The molecule has 0 saturated carbocycles. The average molecular weight is 236 g/mol. The lowest BCUT2D eigenvalue weighted by Crippen LogP contribution is -2.19. The molecule has 0 radical (unpaired) electrons. The summed E-state index contributed by atoms with van der Waals surface area (Å²) in [5.41, 5.74) is 0.578. The van der Waals surface area contributed by atoms with Gasteiger partial charge in [-0.25, -0.2) is 4.98 Å². The molecule has 0 fully saturated rings. The minimum atomic E-state index is -4.34. The Morgan fingerprint density at radius 1 is 1.19 bits per heavy atom. The molecule has 1 aromatic rings. The van der Waals surface area contributed by atoms with Crippen LogP contribution in [0.3, 0.4) is 0 Å². The molecule has 1 heterocycles. The highest BCUT2D eigenvalue weighted by Gasteiger charge is 2.28. The lowest BCUT2D eigenvalue weighted by Gasteiger charge is -2.08. The van der Waals surface area contributed by atoms with Crippen molar-refractivity contribution in [3.63, 3.8) is 0 Å². The average Bonchev–Trinajstić information content (AvgIpc) is 2.15. The molecule has 1 rings (SSSR count). The lowest BCUT2D eigenvalue weighted by molar-refractivity contribution is -0.154. The predicted octanol–water partition coefficient (Wildman–Crippen LogP) is 3.06. The summed E-state index contributed by atoms with van der Waals surface area (Å²) in [5.74, 6) is 0.342. The van der Waals surface area contributed by atoms with Gasteiger partial charge in [0.2, 0.25) is 5.88 Å². The summed E-state index contributed by atoms with van der Waals surface area (Å²) in [6.07, 6.45) is -4.34. The van der Waals surface area contributed by atoms with Crippen molar-refractivity contribution in [2.24, 2.45) is 0 Å². The molecule has 0 spiro atoms. The molecule has 0 aliphatic rings. The van der Waals surface area contributed by atoms with Crippen molar-refractivity contribution in [3.05, 3.63) is 17.6 Å². The van der Waals surface area contributed by atoms with Crippen molar-refractivity contribution in [3.8, 4) is 5.88 Å². The molecule has 0 N–H and O–H groups in total. The fourth-order valence-electron chi connectivity index (χ4n) is 0.913. The third-order valence-corrected chi connectivity index (χ3v) is 1.33. The number of aromatic nitrogens is 2. The van der Waals surface area contributed by atoms with E-state index in [0.717, 1.165) is 0 Å². The molecule has 0 aliphatic heterocycles. The summed E-state index contributed by atoms with van der Waals surface area (Å²) < 4.78 is 39.8. The topological polar surface area (TPSA) is 35.0 Å². The van der Waals surface area contributed by atoms with E-state index in [1.807, 2.05) is 13.8 Å². The molecule has 1 aromatic heterocycles. The Morgan fingerprint density at radius 2 is 1.75 bits per heavy atom. The maximum absolute atomic E-state index is 11.8. The summed E-state index contributed by atoms with van der Waals surface area (Å²) in [6, 6.07) is 1.36. The van der Waals surface area contributed by atoms with Crippen LogP contribution in [0, 0.1) is 13.8 Å². The maximum Gasteiger partial charge on any atom is 0.422 e. The van der Waals surface area contributed by atoms with E-state index in [9.17, 15) is 13.2 Å². The first-order valence-corrected chi connectivity index (χ1v) is 4.89. The van der Waals surface area contributed by atoms with Crippen LogP contribution in [0.4, 0.5) is 13.2 Å². The van der Waals surface area contributed by atoms with E-state index in [1.165, 1.54) is 6.07 Å². The Balaban J connectivity index is 0.00000106. The number of aryl methyl sites for hydroxylation is 2. The smallest absolute Gasteiger partial charge is 0.422 e. The molecule has 0 bridgehead atoms. The van der Waals surface area contributed by atoms with Gasteiger partial charge in [0.25, 0.3) is 0 Å². The minimum absolute atomic E-state index is 0.0488. The zero-order valence-electron chi connectivity index (χ0n) is 9.72. The number of halogens is 3. The van der Waals surface area contributed by atoms with E-state index in [1.54, 1.807) is 13.8 Å². The second-order valence-corrected chi connectivity index (χ2v) is 2.80. The first-order chi connectivity index (χ1) is 7.37. The van der Waals surface area contributed by atoms with Crippen LogP contribution in [0.25, 0.3) is 0 Å². The van der Waals surface area contributed by atoms with E-state index in [0.29, 0.717) is 11.5 Å². The number of ether oxygens (including phenoxy) is 1. The minimum Gasteiger partial charge on any atom is -0.468 e. The molecular weight excluding hydrogens is 221 g/mol. The second-order valence-electron chi connectivity index (χ2n) is 2.80. The highest BCUT2D eigenvalue weighted by Crippen LogP contribution is 2.17. The van der Waals surface area contributed by atoms with Gasteiger partial charge >= 0.3 is 6.18 Å². The fraction of sp³-hybridized carbons (Fsp3) is 0.600. The largest absolute Gasteiger partial charge is 0.468 e. The van der Waals surface area contributed by atoms with Crippen LogP contribution in [-0.4, -0.2) is 22.8 Å². The van der Waals surface area contributed by atoms with Crippen LogP contribution in [0.5, 0.6) is 5.88 Å². The van der Waals surface area contributed by atoms with Gasteiger partial charge in [-0.1, -0.05) is 13.8 Å². The quantitative estimate of drug-likeness (QED) is 0.791. The number of nitrogens with zero attached hydrogens (tertiary/aromatic N) is 2. The van der Waals surface area contributed by atoms with E-state index >= 15 is 0 Å². The van der Waals surface area contributed by atoms with Crippen LogP contribution in [0.1, 0.15) is 25.4 Å². The van der Waals surface area contributed by atoms with Gasteiger partial charge in [-0.2, -0.15) is 18.2 Å². The van der Waals surface area contributed by atoms with Crippen LogP contribution in [0.15, 0.2) is 6.07 Å². The summed E-state index contributed by atoms with van der Waals surface area (Å²) in [5, 5.41) is 0. The van der Waals surface area contributed by atoms with Gasteiger partial charge in [0, 0.05) is 11.8 Å². The fourth-order valence-corrected chi connectivity index (χ4v) is 0.913. The van der Waals surface area contributed by atoms with E-state index in [2.05, 4.69) is 14.7 Å². The van der Waals surface area contributed by atoms with Crippen LogP contribution in [-0.2, 0) is 0 Å². The number of alkyl halides is 3. The van der Waals surface area contributed by atoms with E-state index in [-0.39, 0.29) is 5.88 Å². The molecule has 92 valence electrons. The molecule has 0 aromatic carbocycles. The van der Waals surface area contributed by atoms with Crippen molar-refractivity contribution in [1.82, 2.24) is 9.97 Å². The molecule has 0 atom stereocenters. The molecule has 16 heavy (non-hydrogen) atoms. The highest BCUT2D eigenvalue weighted by molar-refractivity contribution is 5.14. The standard InChI is InChI=1S/C8H9F3N2O.C2H6/c1-5-3-7(13-6(2)12-5)14-4-8(9,10)11;1-2/h3H,4H2,1-2H3;1-2H3. The molecule has 0 amide bonds. The summed E-state index contributed by atoms with van der Waals surface area (Å²) in [7, 11) is 0. The van der Waals surface area contributed by atoms with Crippen LogP contribution < -0.4 is 4.74 Å². The van der Waals surface area contributed by atoms with Gasteiger partial charge in [-0.15, -0.1) is 0 Å². The van der Waals surface area contributed by atoms with Crippen molar-refractivity contribution in [1.29, 1.82) is 0 Å². The van der Waals surface area contributed by atoms with E-state index < -0.39 is 12.8 Å². The Bertz CT molecular complexity index is 306. The Hall–Kier alpha value is -1.33. The van der Waals surface area contributed by atoms with E-state index in [4.69, 9.17) is 0 Å². The van der Waals surface area contributed by atoms with Gasteiger partial charge in [0.1, 0.15) is 5.82 Å².